The van der Waals surface area contributed by atoms with E-state index in [0.29, 0.717) is 12.2 Å². The van der Waals surface area contributed by atoms with E-state index in [1.165, 1.54) is 0 Å². The number of rotatable bonds is 5. The molecule has 0 bridgehead atoms. The summed E-state index contributed by atoms with van der Waals surface area (Å²) in [5.41, 5.74) is 0.640. The van der Waals surface area contributed by atoms with Crippen molar-refractivity contribution in [2.75, 3.05) is 12.4 Å². The quantitative estimate of drug-likeness (QED) is 0.621. The molecule has 1 heterocycles. The number of hydrogen-bond acceptors (Lipinski definition) is 6. The normalized spacial score (nSPS) is 10.0. The van der Waals surface area contributed by atoms with Gasteiger partial charge in [0.1, 0.15) is 10.8 Å². The molecule has 4 nitrogen and oxygen atoms in total. The molecule has 0 aliphatic heterocycles. The minimum atomic E-state index is 0.606. The van der Waals surface area contributed by atoms with Crippen LogP contribution in [0.15, 0.2) is 28.6 Å². The topological polar surface area (TPSA) is 58.8 Å². The summed E-state index contributed by atoms with van der Waals surface area (Å²) in [5, 5.41) is 17.6. The number of thioether (sulfide) groups is 1. The van der Waals surface area contributed by atoms with Crippen molar-refractivity contribution in [1.29, 1.82) is 5.26 Å². The van der Waals surface area contributed by atoms with Crippen molar-refractivity contribution >= 4 is 23.1 Å². The van der Waals surface area contributed by atoms with E-state index < -0.39 is 0 Å². The Kier molecular flexibility index (Phi) is 4.56. The van der Waals surface area contributed by atoms with Gasteiger partial charge in [0.25, 0.3) is 0 Å². The molecule has 0 radical (unpaired) electrons. The molecule has 0 fully saturated rings. The molecule has 0 aliphatic carbocycles. The first kappa shape index (κ1) is 12.9. The van der Waals surface area contributed by atoms with Gasteiger partial charge in [-0.1, -0.05) is 23.1 Å². The molecule has 2 rings (SSSR count). The number of aryl methyl sites for hydroxylation is 1. The summed E-state index contributed by atoms with van der Waals surface area (Å²) in [7, 11) is 0. The maximum atomic E-state index is 8.66. The minimum Gasteiger partial charge on any atom is -0.493 e. The lowest BCUT2D eigenvalue weighted by molar-refractivity contribution is 0.344. The van der Waals surface area contributed by atoms with E-state index in [4.69, 9.17) is 10.00 Å². The highest BCUT2D eigenvalue weighted by Crippen LogP contribution is 2.21. The number of nitrogens with zero attached hydrogens (tertiary/aromatic N) is 3. The van der Waals surface area contributed by atoms with E-state index >= 15 is 0 Å². The minimum absolute atomic E-state index is 0.606. The fraction of sp³-hybridized carbons (Fsp3) is 0.250. The fourth-order valence-electron chi connectivity index (χ4n) is 1.25. The third-order valence-corrected chi connectivity index (χ3v) is 4.00. The van der Waals surface area contributed by atoms with Crippen molar-refractivity contribution in [1.82, 2.24) is 10.2 Å². The number of hydrogen-bond donors (Lipinski definition) is 0. The Morgan fingerprint density at radius 1 is 1.33 bits per heavy atom. The lowest BCUT2D eigenvalue weighted by Crippen LogP contribution is -1.99. The molecule has 0 N–H and O–H groups in total. The van der Waals surface area contributed by atoms with E-state index in [2.05, 4.69) is 16.3 Å². The van der Waals surface area contributed by atoms with Crippen LogP contribution in [0.5, 0.6) is 5.75 Å². The van der Waals surface area contributed by atoms with Crippen LogP contribution in [0, 0.1) is 18.3 Å². The van der Waals surface area contributed by atoms with Gasteiger partial charge in [-0.05, 0) is 31.2 Å². The Bertz CT molecular complexity index is 545. The standard InChI is InChI=1S/C12H11N3OS2/c1-9-14-15-12(18-9)17-7-6-16-11-4-2-10(8-13)3-5-11/h2-5H,6-7H2,1H3. The van der Waals surface area contributed by atoms with E-state index in [0.717, 1.165) is 20.8 Å². The number of ether oxygens (including phenoxy) is 1. The van der Waals surface area contributed by atoms with Gasteiger partial charge in [-0.15, -0.1) is 10.2 Å². The Morgan fingerprint density at radius 3 is 2.72 bits per heavy atom. The molecular weight excluding hydrogens is 266 g/mol. The highest BCUT2D eigenvalue weighted by atomic mass is 32.2. The van der Waals surface area contributed by atoms with Gasteiger partial charge in [-0.2, -0.15) is 5.26 Å². The van der Waals surface area contributed by atoms with Gasteiger partial charge in [0, 0.05) is 5.75 Å². The monoisotopic (exact) mass is 277 g/mol. The van der Waals surface area contributed by atoms with Crippen LogP contribution in [0.25, 0.3) is 0 Å². The maximum Gasteiger partial charge on any atom is 0.174 e. The summed E-state index contributed by atoms with van der Waals surface area (Å²) in [6.07, 6.45) is 0. The predicted molar refractivity (Wildman–Crippen MR) is 72.0 cm³/mol. The first-order valence-electron chi connectivity index (χ1n) is 5.34. The van der Waals surface area contributed by atoms with Crippen molar-refractivity contribution in [3.8, 4) is 11.8 Å². The zero-order valence-electron chi connectivity index (χ0n) is 9.79. The second kappa shape index (κ2) is 6.38. The largest absolute Gasteiger partial charge is 0.493 e. The zero-order chi connectivity index (χ0) is 12.8. The molecule has 6 heteroatoms. The number of aromatic nitrogens is 2. The Balaban J connectivity index is 1.73. The average Bonchev–Trinajstić information content (AvgIpc) is 2.81. The van der Waals surface area contributed by atoms with Gasteiger partial charge in [0.15, 0.2) is 4.34 Å². The van der Waals surface area contributed by atoms with Gasteiger partial charge in [-0.3, -0.25) is 0 Å². The summed E-state index contributed by atoms with van der Waals surface area (Å²) < 4.78 is 6.53. The van der Waals surface area contributed by atoms with Crippen LogP contribution in [-0.4, -0.2) is 22.6 Å². The average molecular weight is 277 g/mol. The molecule has 18 heavy (non-hydrogen) atoms. The van der Waals surface area contributed by atoms with E-state index in [9.17, 15) is 0 Å². The first-order valence-corrected chi connectivity index (χ1v) is 7.14. The molecule has 0 spiro atoms. The Labute approximate surface area is 114 Å². The van der Waals surface area contributed by atoms with Crippen molar-refractivity contribution in [3.63, 3.8) is 0 Å². The van der Waals surface area contributed by atoms with Crippen LogP contribution >= 0.6 is 23.1 Å². The summed E-state index contributed by atoms with van der Waals surface area (Å²) in [5.74, 6) is 1.61. The highest BCUT2D eigenvalue weighted by Gasteiger charge is 2.01. The lowest BCUT2D eigenvalue weighted by atomic mass is 10.2. The molecule has 0 unspecified atom stereocenters. The molecule has 0 atom stereocenters. The first-order chi connectivity index (χ1) is 8.78. The predicted octanol–water partition coefficient (Wildman–Crippen LogP) is 2.89. The second-order valence-electron chi connectivity index (χ2n) is 3.42. The van der Waals surface area contributed by atoms with Gasteiger partial charge >= 0.3 is 0 Å². The van der Waals surface area contributed by atoms with Gasteiger partial charge in [-0.25, -0.2) is 0 Å². The molecule has 92 valence electrons. The molecular formula is C12H11N3OS2. The highest BCUT2D eigenvalue weighted by molar-refractivity contribution is 8.01. The van der Waals surface area contributed by atoms with Crippen molar-refractivity contribution in [2.24, 2.45) is 0 Å². The van der Waals surface area contributed by atoms with Crippen LogP contribution in [-0.2, 0) is 0 Å². The Hall–Kier alpha value is -1.58. The molecule has 1 aromatic heterocycles. The summed E-state index contributed by atoms with van der Waals surface area (Å²) in [6, 6.07) is 9.17. The molecule has 1 aromatic carbocycles. The van der Waals surface area contributed by atoms with E-state index in [1.807, 2.05) is 6.92 Å². The van der Waals surface area contributed by atoms with Gasteiger partial charge < -0.3 is 4.74 Å². The SMILES string of the molecule is Cc1nnc(SCCOc2ccc(C#N)cc2)s1. The van der Waals surface area contributed by atoms with Crippen molar-refractivity contribution < 1.29 is 4.74 Å². The van der Waals surface area contributed by atoms with Crippen LogP contribution in [0.1, 0.15) is 10.6 Å². The molecule has 2 aromatic rings. The molecule has 0 saturated heterocycles. The van der Waals surface area contributed by atoms with Crippen LogP contribution in [0.4, 0.5) is 0 Å². The Morgan fingerprint density at radius 2 is 2.11 bits per heavy atom. The third kappa shape index (κ3) is 3.72. The number of benzene rings is 1. The summed E-state index contributed by atoms with van der Waals surface area (Å²) >= 11 is 3.22. The molecule has 0 amide bonds. The zero-order valence-corrected chi connectivity index (χ0v) is 11.4. The van der Waals surface area contributed by atoms with Crippen LogP contribution < -0.4 is 4.74 Å². The summed E-state index contributed by atoms with van der Waals surface area (Å²) in [4.78, 5) is 0. The van der Waals surface area contributed by atoms with E-state index in [-0.39, 0.29) is 0 Å². The maximum absolute atomic E-state index is 8.66. The van der Waals surface area contributed by atoms with Gasteiger partial charge in [0.05, 0.1) is 18.2 Å². The van der Waals surface area contributed by atoms with E-state index in [1.54, 1.807) is 47.4 Å². The van der Waals surface area contributed by atoms with Crippen LogP contribution in [0.3, 0.4) is 0 Å². The van der Waals surface area contributed by atoms with Gasteiger partial charge in [0.2, 0.25) is 0 Å². The number of nitriles is 1. The lowest BCUT2D eigenvalue weighted by Gasteiger charge is -2.04. The smallest absolute Gasteiger partial charge is 0.174 e. The summed E-state index contributed by atoms with van der Waals surface area (Å²) in [6.45, 7) is 2.55. The molecule has 0 aliphatic rings. The van der Waals surface area contributed by atoms with Crippen molar-refractivity contribution in [3.05, 3.63) is 34.8 Å². The third-order valence-electron chi connectivity index (χ3n) is 2.07. The van der Waals surface area contributed by atoms with Crippen LogP contribution in [0.2, 0.25) is 0 Å². The second-order valence-corrected chi connectivity index (χ2v) is 5.94. The molecule has 0 saturated carbocycles. The fourth-order valence-corrected chi connectivity index (χ4v) is 2.95. The van der Waals surface area contributed by atoms with Crippen molar-refractivity contribution in [2.45, 2.75) is 11.3 Å².